The van der Waals surface area contributed by atoms with Crippen LogP contribution in [-0.2, 0) is 4.79 Å². The van der Waals surface area contributed by atoms with E-state index in [1.54, 1.807) is 0 Å². The van der Waals surface area contributed by atoms with Gasteiger partial charge in [-0.15, -0.1) is 0 Å². The third-order valence-electron chi connectivity index (χ3n) is 3.94. The number of rotatable bonds is 2. The third-order valence-corrected chi connectivity index (χ3v) is 3.94. The van der Waals surface area contributed by atoms with Crippen LogP contribution in [0.4, 0.5) is 17.6 Å². The summed E-state index contributed by atoms with van der Waals surface area (Å²) in [6, 6.07) is 0.0249. The van der Waals surface area contributed by atoms with Gasteiger partial charge in [-0.1, -0.05) is 0 Å². The maximum absolute atomic E-state index is 13.0. The molecule has 2 aliphatic rings. The minimum absolute atomic E-state index is 0.0249. The van der Waals surface area contributed by atoms with E-state index >= 15 is 0 Å². The molecular weight excluding hydrogens is 252 g/mol. The molecule has 1 saturated carbocycles. The summed E-state index contributed by atoms with van der Waals surface area (Å²) < 4.78 is 50.2. The molecule has 1 aliphatic heterocycles. The first-order chi connectivity index (χ1) is 8.32. The molecule has 2 fully saturated rings. The van der Waals surface area contributed by atoms with Gasteiger partial charge in [0, 0.05) is 19.1 Å². The highest BCUT2D eigenvalue weighted by Crippen LogP contribution is 2.37. The Kier molecular flexibility index (Phi) is 3.53. The highest BCUT2D eigenvalue weighted by molar-refractivity contribution is 5.84. The predicted octanol–water partition coefficient (Wildman–Crippen LogP) is 1.47. The Bertz CT molecular complexity index is 337. The monoisotopic (exact) mass is 268 g/mol. The number of alkyl halides is 4. The third kappa shape index (κ3) is 2.32. The standard InChI is InChI=1S/C11H16F4N2O/c12-9(13)11(14,15)10(18)17-4-6-1-2-8(16)3-7(6)5-17/h6-9H,1-5,16H2/t6-,7+,8?/m1/s1. The second-order valence-electron chi connectivity index (χ2n) is 5.23. The lowest BCUT2D eigenvalue weighted by molar-refractivity contribution is -0.179. The molecule has 1 heterocycles. The molecule has 1 saturated heterocycles. The van der Waals surface area contributed by atoms with Gasteiger partial charge in [0.2, 0.25) is 0 Å². The largest absolute Gasteiger partial charge is 0.383 e. The molecule has 2 rings (SSSR count). The van der Waals surface area contributed by atoms with Crippen molar-refractivity contribution in [3.05, 3.63) is 0 Å². The van der Waals surface area contributed by atoms with E-state index in [2.05, 4.69) is 0 Å². The smallest absolute Gasteiger partial charge is 0.337 e. The number of likely N-dealkylation sites (tertiary alicyclic amines) is 1. The van der Waals surface area contributed by atoms with Crippen LogP contribution >= 0.6 is 0 Å². The van der Waals surface area contributed by atoms with Crippen molar-refractivity contribution in [1.82, 2.24) is 4.90 Å². The van der Waals surface area contributed by atoms with Gasteiger partial charge in [0.1, 0.15) is 0 Å². The molecule has 3 atom stereocenters. The second-order valence-corrected chi connectivity index (χ2v) is 5.23. The zero-order chi connectivity index (χ0) is 13.5. The molecule has 1 aliphatic carbocycles. The van der Waals surface area contributed by atoms with Crippen LogP contribution in [0.15, 0.2) is 0 Å². The van der Waals surface area contributed by atoms with E-state index in [1.165, 1.54) is 0 Å². The first-order valence-corrected chi connectivity index (χ1v) is 6.03. The predicted molar refractivity (Wildman–Crippen MR) is 56.3 cm³/mol. The van der Waals surface area contributed by atoms with Gasteiger partial charge in [-0.05, 0) is 31.1 Å². The number of halogens is 4. The molecule has 1 unspecified atom stereocenters. The number of nitrogens with two attached hydrogens (primary N) is 1. The van der Waals surface area contributed by atoms with Crippen LogP contribution in [0, 0.1) is 11.8 Å². The van der Waals surface area contributed by atoms with Crippen molar-refractivity contribution in [1.29, 1.82) is 0 Å². The molecule has 0 spiro atoms. The first-order valence-electron chi connectivity index (χ1n) is 6.03. The molecule has 0 aromatic carbocycles. The van der Waals surface area contributed by atoms with Crippen LogP contribution in [0.5, 0.6) is 0 Å². The number of fused-ring (bicyclic) bond motifs is 1. The Morgan fingerprint density at radius 2 is 1.83 bits per heavy atom. The van der Waals surface area contributed by atoms with E-state index in [-0.39, 0.29) is 31.0 Å². The van der Waals surface area contributed by atoms with Gasteiger partial charge in [-0.3, -0.25) is 4.79 Å². The van der Waals surface area contributed by atoms with Crippen molar-refractivity contribution in [2.75, 3.05) is 13.1 Å². The number of hydrogen-bond acceptors (Lipinski definition) is 2. The summed E-state index contributed by atoms with van der Waals surface area (Å²) in [5.41, 5.74) is 5.77. The van der Waals surface area contributed by atoms with E-state index in [9.17, 15) is 22.4 Å². The fourth-order valence-electron chi connectivity index (χ4n) is 2.94. The highest BCUT2D eigenvalue weighted by atomic mass is 19.3. The van der Waals surface area contributed by atoms with Gasteiger partial charge in [0.05, 0.1) is 0 Å². The van der Waals surface area contributed by atoms with Crippen LogP contribution < -0.4 is 5.73 Å². The molecule has 0 aromatic rings. The van der Waals surface area contributed by atoms with Gasteiger partial charge in [-0.25, -0.2) is 8.78 Å². The summed E-state index contributed by atoms with van der Waals surface area (Å²) in [4.78, 5) is 12.3. The molecule has 0 aromatic heterocycles. The summed E-state index contributed by atoms with van der Waals surface area (Å²) in [6.07, 6.45) is -1.70. The topological polar surface area (TPSA) is 46.3 Å². The number of carbonyl (C=O) groups excluding carboxylic acids is 1. The van der Waals surface area contributed by atoms with Crippen LogP contribution in [0.1, 0.15) is 19.3 Å². The number of amides is 1. The summed E-state index contributed by atoms with van der Waals surface area (Å²) in [5, 5.41) is 0. The Labute approximate surface area is 102 Å². The van der Waals surface area contributed by atoms with Gasteiger partial charge >= 0.3 is 12.3 Å². The van der Waals surface area contributed by atoms with Crippen LogP contribution in [0.2, 0.25) is 0 Å². The summed E-state index contributed by atoms with van der Waals surface area (Å²) in [6.45, 7) is 0.276. The van der Waals surface area contributed by atoms with E-state index in [4.69, 9.17) is 5.73 Å². The molecule has 1 amide bonds. The van der Waals surface area contributed by atoms with Crippen molar-refractivity contribution >= 4 is 5.91 Å². The van der Waals surface area contributed by atoms with Crippen LogP contribution in [0.25, 0.3) is 0 Å². The zero-order valence-corrected chi connectivity index (χ0v) is 9.79. The number of carbonyl (C=O) groups is 1. The minimum Gasteiger partial charge on any atom is -0.337 e. The number of hydrogen-bond donors (Lipinski definition) is 1. The van der Waals surface area contributed by atoms with Crippen molar-refractivity contribution in [3.8, 4) is 0 Å². The molecule has 104 valence electrons. The molecule has 7 heteroatoms. The maximum Gasteiger partial charge on any atom is 0.383 e. The Morgan fingerprint density at radius 3 is 2.44 bits per heavy atom. The van der Waals surface area contributed by atoms with E-state index in [1.807, 2.05) is 0 Å². The van der Waals surface area contributed by atoms with Gasteiger partial charge in [0.25, 0.3) is 5.91 Å². The lowest BCUT2D eigenvalue weighted by Crippen LogP contribution is -2.47. The Balaban J connectivity index is 2.02. The van der Waals surface area contributed by atoms with Gasteiger partial charge < -0.3 is 10.6 Å². The lowest BCUT2D eigenvalue weighted by Gasteiger charge is -2.27. The van der Waals surface area contributed by atoms with Crippen LogP contribution in [-0.4, -0.2) is 42.3 Å². The van der Waals surface area contributed by atoms with Crippen LogP contribution in [0.3, 0.4) is 0 Å². The maximum atomic E-state index is 13.0. The molecule has 0 bridgehead atoms. The lowest BCUT2D eigenvalue weighted by atomic mass is 9.79. The second kappa shape index (κ2) is 4.68. The van der Waals surface area contributed by atoms with Crippen molar-refractivity contribution in [3.63, 3.8) is 0 Å². The number of nitrogens with zero attached hydrogens (tertiary/aromatic N) is 1. The molecule has 18 heavy (non-hydrogen) atoms. The summed E-state index contributed by atoms with van der Waals surface area (Å²) >= 11 is 0. The minimum atomic E-state index is -4.57. The van der Waals surface area contributed by atoms with Gasteiger partial charge in [0.15, 0.2) is 0 Å². The van der Waals surface area contributed by atoms with E-state index in [0.29, 0.717) is 6.42 Å². The fourth-order valence-corrected chi connectivity index (χ4v) is 2.94. The SMILES string of the molecule is NC1CC[C@@H]2CN(C(=O)C(F)(F)C(F)F)C[C@@H]2C1. The van der Waals surface area contributed by atoms with Gasteiger partial charge in [-0.2, -0.15) is 8.78 Å². The summed E-state index contributed by atoms with van der Waals surface area (Å²) in [5.74, 6) is -6.12. The first kappa shape index (κ1) is 13.6. The molecule has 3 nitrogen and oxygen atoms in total. The zero-order valence-electron chi connectivity index (χ0n) is 9.79. The summed E-state index contributed by atoms with van der Waals surface area (Å²) in [7, 11) is 0. The molecule has 2 N–H and O–H groups in total. The fraction of sp³-hybridized carbons (Fsp3) is 0.909. The average molecular weight is 268 g/mol. The van der Waals surface area contributed by atoms with Crippen molar-refractivity contribution in [2.45, 2.75) is 37.7 Å². The average Bonchev–Trinajstić information content (AvgIpc) is 2.70. The Morgan fingerprint density at radius 1 is 1.22 bits per heavy atom. The molecule has 0 radical (unpaired) electrons. The van der Waals surface area contributed by atoms with Crippen molar-refractivity contribution < 1.29 is 22.4 Å². The normalized spacial score (nSPS) is 32.8. The molecular formula is C11H16F4N2O. The van der Waals surface area contributed by atoms with E-state index in [0.717, 1.165) is 17.7 Å². The van der Waals surface area contributed by atoms with Crippen molar-refractivity contribution in [2.24, 2.45) is 17.6 Å². The highest BCUT2D eigenvalue weighted by Gasteiger charge is 2.53. The van der Waals surface area contributed by atoms with E-state index < -0.39 is 18.3 Å². The Hall–Kier alpha value is -0.850. The quantitative estimate of drug-likeness (QED) is 0.771.